The molecule has 2 saturated heterocycles. The van der Waals surface area contributed by atoms with E-state index >= 15 is 0 Å². The molecule has 8 heteroatoms. The van der Waals surface area contributed by atoms with Crippen LogP contribution in [-0.4, -0.2) is 54.2 Å². The predicted molar refractivity (Wildman–Crippen MR) is 169 cm³/mol. The van der Waals surface area contributed by atoms with Gasteiger partial charge >= 0.3 is 0 Å². The van der Waals surface area contributed by atoms with E-state index in [9.17, 15) is 19.2 Å². The topological polar surface area (TPSA) is 98.8 Å². The summed E-state index contributed by atoms with van der Waals surface area (Å²) in [6, 6.07) is 28.1. The lowest BCUT2D eigenvalue weighted by Gasteiger charge is -2.34. The molecule has 4 amide bonds. The Kier molecular flexibility index (Phi) is 7.34. The van der Waals surface area contributed by atoms with Crippen molar-refractivity contribution in [2.45, 2.75) is 38.3 Å². The monoisotopic (exact) mass is 586 g/mol. The molecule has 0 bridgehead atoms. The predicted octanol–water partition coefficient (Wildman–Crippen LogP) is 4.91. The average Bonchev–Trinajstić information content (AvgIpc) is 3.38. The van der Waals surface area contributed by atoms with Crippen molar-refractivity contribution < 1.29 is 19.2 Å². The Hall–Kier alpha value is -4.98. The molecule has 0 aliphatic carbocycles. The van der Waals surface area contributed by atoms with Crippen LogP contribution in [-0.2, 0) is 16.1 Å². The maximum Gasteiger partial charge on any atom is 0.255 e. The van der Waals surface area contributed by atoms with Crippen molar-refractivity contribution in [3.63, 3.8) is 0 Å². The highest BCUT2D eigenvalue weighted by atomic mass is 16.2. The van der Waals surface area contributed by atoms with Crippen LogP contribution in [0.2, 0.25) is 0 Å². The van der Waals surface area contributed by atoms with Gasteiger partial charge in [0.2, 0.25) is 11.8 Å². The second-order valence-corrected chi connectivity index (χ2v) is 12.0. The lowest BCUT2D eigenvalue weighted by molar-refractivity contribution is -0.136. The van der Waals surface area contributed by atoms with E-state index in [4.69, 9.17) is 0 Å². The molecular weight excluding hydrogens is 552 g/mol. The van der Waals surface area contributed by atoms with E-state index < -0.39 is 11.9 Å². The molecule has 0 aromatic heterocycles. The normalized spacial score (nSPS) is 18.8. The number of hydrogen-bond donors (Lipinski definition) is 2. The number of anilines is 1. The molecule has 44 heavy (non-hydrogen) atoms. The minimum absolute atomic E-state index is 0.162. The lowest BCUT2D eigenvalue weighted by atomic mass is 9.95. The highest BCUT2D eigenvalue weighted by Gasteiger charge is 2.39. The molecule has 0 radical (unpaired) electrons. The molecule has 1 atom stereocenters. The van der Waals surface area contributed by atoms with Crippen molar-refractivity contribution in [2.24, 2.45) is 5.92 Å². The number of carbonyl (C=O) groups is 4. The first-order valence-corrected chi connectivity index (χ1v) is 15.3. The van der Waals surface area contributed by atoms with E-state index in [1.165, 1.54) is 32.5 Å². The maximum atomic E-state index is 13.1. The van der Waals surface area contributed by atoms with Gasteiger partial charge in [0.25, 0.3) is 11.8 Å². The molecule has 8 nitrogen and oxygen atoms in total. The number of hydrogen-bond acceptors (Lipinski definition) is 5. The van der Waals surface area contributed by atoms with Gasteiger partial charge in [-0.15, -0.1) is 0 Å². The van der Waals surface area contributed by atoms with Crippen LogP contribution in [0.3, 0.4) is 0 Å². The summed E-state index contributed by atoms with van der Waals surface area (Å²) >= 11 is 0. The van der Waals surface area contributed by atoms with Gasteiger partial charge in [0.05, 0.1) is 0 Å². The molecule has 3 aliphatic rings. The Bertz CT molecular complexity index is 1790. The SMILES string of the molecule is O=C1CCC(N2Cc3cc(C(=O)NCC4CCN(c5cccc(-c6cccc7ccccc67)c5)CC4)ccc3C2=O)C(=O)N1. The zero-order valence-electron chi connectivity index (χ0n) is 24.4. The van der Waals surface area contributed by atoms with Crippen LogP contribution in [0.4, 0.5) is 5.69 Å². The first-order chi connectivity index (χ1) is 21.4. The fourth-order valence-electron chi connectivity index (χ4n) is 6.80. The Morgan fingerprint density at radius 1 is 0.841 bits per heavy atom. The van der Waals surface area contributed by atoms with Crippen molar-refractivity contribution in [3.05, 3.63) is 102 Å². The third-order valence-corrected chi connectivity index (χ3v) is 9.26. The summed E-state index contributed by atoms with van der Waals surface area (Å²) in [5.41, 5.74) is 5.41. The van der Waals surface area contributed by atoms with Gasteiger partial charge < -0.3 is 15.1 Å². The molecule has 2 N–H and O–H groups in total. The van der Waals surface area contributed by atoms with Crippen molar-refractivity contribution in [3.8, 4) is 11.1 Å². The first kappa shape index (κ1) is 27.8. The third-order valence-electron chi connectivity index (χ3n) is 9.26. The molecule has 1 unspecified atom stereocenters. The van der Waals surface area contributed by atoms with Gasteiger partial charge in [-0.1, -0.05) is 54.6 Å². The van der Waals surface area contributed by atoms with Crippen LogP contribution < -0.4 is 15.5 Å². The molecule has 4 aromatic carbocycles. The summed E-state index contributed by atoms with van der Waals surface area (Å²) in [7, 11) is 0. The molecule has 2 fully saturated rings. The largest absolute Gasteiger partial charge is 0.371 e. The molecule has 0 spiro atoms. The number of nitrogens with one attached hydrogen (secondary N) is 2. The molecule has 7 rings (SSSR count). The quantitative estimate of drug-likeness (QED) is 0.313. The Morgan fingerprint density at radius 3 is 2.48 bits per heavy atom. The second-order valence-electron chi connectivity index (χ2n) is 12.0. The summed E-state index contributed by atoms with van der Waals surface area (Å²) < 4.78 is 0. The van der Waals surface area contributed by atoms with Gasteiger partial charge in [0.15, 0.2) is 0 Å². The fraction of sp³-hybridized carbons (Fsp3) is 0.278. The van der Waals surface area contributed by atoms with Crippen LogP contribution in [0.25, 0.3) is 21.9 Å². The van der Waals surface area contributed by atoms with Crippen LogP contribution in [0.1, 0.15) is 52.0 Å². The van der Waals surface area contributed by atoms with Crippen LogP contribution in [0.5, 0.6) is 0 Å². The van der Waals surface area contributed by atoms with Crippen molar-refractivity contribution in [2.75, 3.05) is 24.5 Å². The number of fused-ring (bicyclic) bond motifs is 2. The standard InChI is InChI=1S/C36H34N4O4/c41-33-14-13-32(35(43)38-33)40-22-27-19-26(11-12-31(27)36(40)44)34(42)37-21-23-15-17-39(18-16-23)28-8-3-7-25(20-28)30-10-4-6-24-5-1-2-9-29(24)30/h1-12,19-20,23,32H,13-18,21-22H2,(H,37,42)(H,38,41,43). The van der Waals surface area contributed by atoms with Crippen molar-refractivity contribution in [1.82, 2.24) is 15.5 Å². The van der Waals surface area contributed by atoms with Crippen molar-refractivity contribution >= 4 is 40.1 Å². The minimum atomic E-state index is -0.670. The molecule has 222 valence electrons. The summed E-state index contributed by atoms with van der Waals surface area (Å²) in [4.78, 5) is 53.8. The number of benzene rings is 4. The van der Waals surface area contributed by atoms with E-state index in [0.29, 0.717) is 30.0 Å². The van der Waals surface area contributed by atoms with Gasteiger partial charge in [0, 0.05) is 49.4 Å². The highest BCUT2D eigenvalue weighted by molar-refractivity contribution is 6.06. The summed E-state index contributed by atoms with van der Waals surface area (Å²) in [6.07, 6.45) is 2.49. The highest BCUT2D eigenvalue weighted by Crippen LogP contribution is 2.33. The van der Waals surface area contributed by atoms with Gasteiger partial charge in [-0.3, -0.25) is 24.5 Å². The van der Waals surface area contributed by atoms with Gasteiger partial charge in [-0.05, 0) is 83.0 Å². The van der Waals surface area contributed by atoms with Crippen molar-refractivity contribution in [1.29, 1.82) is 0 Å². The number of rotatable bonds is 6. The number of nitrogens with zero attached hydrogens (tertiary/aromatic N) is 2. The van der Waals surface area contributed by atoms with Gasteiger partial charge in [0.1, 0.15) is 6.04 Å². The Morgan fingerprint density at radius 2 is 1.64 bits per heavy atom. The van der Waals surface area contributed by atoms with E-state index in [1.54, 1.807) is 18.2 Å². The van der Waals surface area contributed by atoms with Crippen LogP contribution in [0.15, 0.2) is 84.9 Å². The Balaban J connectivity index is 0.945. The van der Waals surface area contributed by atoms with E-state index in [2.05, 4.69) is 82.3 Å². The molecular formula is C36H34N4O4. The van der Waals surface area contributed by atoms with E-state index in [0.717, 1.165) is 31.5 Å². The lowest BCUT2D eigenvalue weighted by Crippen LogP contribution is -2.52. The second kappa shape index (κ2) is 11.6. The third kappa shape index (κ3) is 5.32. The number of piperidine rings is 2. The molecule has 3 aliphatic heterocycles. The van der Waals surface area contributed by atoms with E-state index in [1.807, 2.05) is 0 Å². The number of carbonyl (C=O) groups excluding carboxylic acids is 4. The fourth-order valence-corrected chi connectivity index (χ4v) is 6.80. The number of imide groups is 1. The van der Waals surface area contributed by atoms with E-state index in [-0.39, 0.29) is 30.7 Å². The summed E-state index contributed by atoms with van der Waals surface area (Å²) in [6.45, 7) is 2.70. The zero-order chi connectivity index (χ0) is 30.2. The Labute approximate surface area is 256 Å². The molecule has 0 saturated carbocycles. The van der Waals surface area contributed by atoms with Crippen LogP contribution in [0, 0.1) is 5.92 Å². The summed E-state index contributed by atoms with van der Waals surface area (Å²) in [5, 5.41) is 7.91. The van der Waals surface area contributed by atoms with Gasteiger partial charge in [-0.25, -0.2) is 0 Å². The minimum Gasteiger partial charge on any atom is -0.371 e. The molecule has 3 heterocycles. The average molecular weight is 587 g/mol. The van der Waals surface area contributed by atoms with Crippen LogP contribution >= 0.6 is 0 Å². The summed E-state index contributed by atoms with van der Waals surface area (Å²) in [5.74, 6) is -0.772. The molecule has 4 aromatic rings. The first-order valence-electron chi connectivity index (χ1n) is 15.3. The zero-order valence-corrected chi connectivity index (χ0v) is 24.4. The van der Waals surface area contributed by atoms with Gasteiger partial charge in [-0.2, -0.15) is 0 Å². The smallest absolute Gasteiger partial charge is 0.255 e. The maximum absolute atomic E-state index is 13.1. The number of amides is 4.